The molecule has 0 fully saturated rings. The molecule has 0 spiro atoms. The van der Waals surface area contributed by atoms with Crippen molar-refractivity contribution in [1.29, 1.82) is 5.26 Å². The normalized spacial score (nSPS) is 17.9. The van der Waals surface area contributed by atoms with Crippen molar-refractivity contribution in [3.05, 3.63) is 81.3 Å². The fourth-order valence-electron chi connectivity index (χ4n) is 3.60. The van der Waals surface area contributed by atoms with Gasteiger partial charge in [0.25, 0.3) is 0 Å². The molecule has 1 aliphatic heterocycles. The van der Waals surface area contributed by atoms with Gasteiger partial charge in [-0.05, 0) is 59.2 Å². The zero-order valence-electron chi connectivity index (χ0n) is 15.2. The minimum atomic E-state index is -4.71. The lowest BCUT2D eigenvalue weighted by Gasteiger charge is -2.31. The Balaban J connectivity index is 1.79. The number of benzene rings is 3. The third kappa shape index (κ3) is 3.34. The molecule has 1 atom stereocenters. The molecule has 0 saturated carbocycles. The fourth-order valence-corrected chi connectivity index (χ4v) is 4.13. The van der Waals surface area contributed by atoms with Gasteiger partial charge in [-0.15, -0.1) is 0 Å². The molecule has 30 heavy (non-hydrogen) atoms. The number of halogens is 5. The van der Waals surface area contributed by atoms with Crippen molar-refractivity contribution >= 4 is 28.9 Å². The summed E-state index contributed by atoms with van der Waals surface area (Å²) in [7, 11) is 0. The van der Waals surface area contributed by atoms with Crippen LogP contribution in [0.25, 0.3) is 11.1 Å². The maximum Gasteiger partial charge on any atom is 0.432 e. The Hall–Kier alpha value is -2.88. The lowest BCUT2D eigenvalue weighted by Crippen LogP contribution is -2.46. The second-order valence-electron chi connectivity index (χ2n) is 7.00. The summed E-state index contributed by atoms with van der Waals surface area (Å²) in [6.07, 6.45) is -5.14. The number of hydrogen-bond acceptors (Lipinski definition) is 3. The van der Waals surface area contributed by atoms with Gasteiger partial charge in [-0.3, -0.25) is 0 Å². The highest BCUT2D eigenvalue weighted by Gasteiger charge is 2.61. The minimum absolute atomic E-state index is 0.0921. The zero-order valence-corrected chi connectivity index (χ0v) is 16.7. The Labute approximate surface area is 180 Å². The molecule has 0 aromatic heterocycles. The zero-order chi connectivity index (χ0) is 21.7. The van der Waals surface area contributed by atoms with E-state index in [1.807, 2.05) is 6.07 Å². The monoisotopic (exact) mass is 448 g/mol. The van der Waals surface area contributed by atoms with E-state index in [-0.39, 0.29) is 21.4 Å². The van der Waals surface area contributed by atoms with Gasteiger partial charge in [-0.1, -0.05) is 35.3 Å². The summed E-state index contributed by atoms with van der Waals surface area (Å²) in [5.74, 6) is 0.133. The molecule has 0 radical (unpaired) electrons. The number of hydrogen-bond donors (Lipinski definition) is 1. The minimum Gasteiger partial charge on any atom is -0.472 e. The van der Waals surface area contributed by atoms with Crippen LogP contribution >= 0.6 is 23.2 Å². The molecule has 3 aromatic rings. The number of nitrogens with two attached hydrogens (primary N) is 1. The number of nitrogens with zero attached hydrogens (tertiary/aromatic N) is 1. The number of ether oxygens (including phenoxy) is 1. The number of nitriles is 1. The first kappa shape index (κ1) is 20.4. The van der Waals surface area contributed by atoms with E-state index >= 15 is 0 Å². The Morgan fingerprint density at radius 3 is 2.20 bits per heavy atom. The van der Waals surface area contributed by atoms with E-state index in [1.165, 1.54) is 24.3 Å². The molecular formula is C22H13Cl2F3N2O. The van der Waals surface area contributed by atoms with Gasteiger partial charge >= 0.3 is 6.18 Å². The highest BCUT2D eigenvalue weighted by atomic mass is 35.5. The van der Waals surface area contributed by atoms with Crippen molar-refractivity contribution in [2.75, 3.05) is 5.73 Å². The average Bonchev–Trinajstić information content (AvgIpc) is 3.07. The molecule has 0 saturated heterocycles. The molecule has 1 unspecified atom stereocenters. The molecule has 0 amide bonds. The Morgan fingerprint density at radius 1 is 0.967 bits per heavy atom. The van der Waals surface area contributed by atoms with E-state index in [1.54, 1.807) is 30.3 Å². The van der Waals surface area contributed by atoms with Gasteiger partial charge in [0.05, 0.1) is 11.3 Å². The van der Waals surface area contributed by atoms with E-state index < -0.39 is 18.2 Å². The van der Waals surface area contributed by atoms with Gasteiger partial charge in [0.1, 0.15) is 11.8 Å². The first-order valence-corrected chi connectivity index (χ1v) is 9.54. The summed E-state index contributed by atoms with van der Waals surface area (Å²) in [5.41, 5.74) is 5.48. The van der Waals surface area contributed by atoms with Crippen LogP contribution in [-0.4, -0.2) is 6.18 Å². The van der Waals surface area contributed by atoms with E-state index in [0.717, 1.165) is 0 Å². The van der Waals surface area contributed by atoms with E-state index in [9.17, 15) is 13.2 Å². The molecule has 3 nitrogen and oxygen atoms in total. The van der Waals surface area contributed by atoms with Crippen LogP contribution in [0.4, 0.5) is 18.9 Å². The van der Waals surface area contributed by atoms with Crippen LogP contribution in [0.5, 0.6) is 5.75 Å². The van der Waals surface area contributed by atoms with Crippen molar-refractivity contribution in [3.63, 3.8) is 0 Å². The second-order valence-corrected chi connectivity index (χ2v) is 7.87. The quantitative estimate of drug-likeness (QED) is 0.454. The van der Waals surface area contributed by atoms with Crippen molar-refractivity contribution in [3.8, 4) is 22.9 Å². The van der Waals surface area contributed by atoms with E-state index in [0.29, 0.717) is 27.9 Å². The molecule has 1 heterocycles. The van der Waals surface area contributed by atoms with Crippen LogP contribution in [0.3, 0.4) is 0 Å². The van der Waals surface area contributed by atoms with Crippen molar-refractivity contribution in [2.24, 2.45) is 0 Å². The average molecular weight is 449 g/mol. The van der Waals surface area contributed by atoms with E-state index in [4.69, 9.17) is 38.9 Å². The summed E-state index contributed by atoms with van der Waals surface area (Å²) < 4.78 is 48.2. The second kappa shape index (κ2) is 7.12. The Morgan fingerprint density at radius 2 is 1.60 bits per heavy atom. The molecule has 0 bridgehead atoms. The maximum absolute atomic E-state index is 14.2. The Bertz CT molecular complexity index is 1180. The van der Waals surface area contributed by atoms with Crippen LogP contribution in [0.2, 0.25) is 10.0 Å². The molecule has 1 aliphatic rings. The van der Waals surface area contributed by atoms with Crippen LogP contribution < -0.4 is 10.5 Å². The van der Waals surface area contributed by atoms with Gasteiger partial charge in [0, 0.05) is 22.0 Å². The van der Waals surface area contributed by atoms with Gasteiger partial charge < -0.3 is 10.5 Å². The highest BCUT2D eigenvalue weighted by molar-refractivity contribution is 6.34. The number of rotatable bonds is 2. The van der Waals surface area contributed by atoms with Crippen LogP contribution in [0, 0.1) is 11.3 Å². The first-order valence-electron chi connectivity index (χ1n) is 8.78. The molecule has 4 rings (SSSR count). The SMILES string of the molecule is N#Cc1ccc(-c2ccc3c(c2)CC(c2cc(Cl)cc(Cl)c2)(C(F)(F)F)O3)cc1N. The lowest BCUT2D eigenvalue weighted by molar-refractivity contribution is -0.248. The fraction of sp³-hybridized carbons (Fsp3) is 0.136. The third-order valence-electron chi connectivity index (χ3n) is 5.08. The predicted molar refractivity (Wildman–Crippen MR) is 110 cm³/mol. The summed E-state index contributed by atoms with van der Waals surface area (Å²) in [5, 5.41) is 9.20. The molecule has 2 N–H and O–H groups in total. The van der Waals surface area contributed by atoms with Crippen molar-refractivity contribution in [1.82, 2.24) is 0 Å². The topological polar surface area (TPSA) is 59.0 Å². The molecule has 152 valence electrons. The van der Waals surface area contributed by atoms with E-state index in [2.05, 4.69) is 0 Å². The summed E-state index contributed by atoms with van der Waals surface area (Å²) in [6, 6.07) is 15.4. The van der Waals surface area contributed by atoms with Crippen LogP contribution in [-0.2, 0) is 12.0 Å². The smallest absolute Gasteiger partial charge is 0.432 e. The molecule has 3 aromatic carbocycles. The van der Waals surface area contributed by atoms with Gasteiger partial charge in [0.2, 0.25) is 5.60 Å². The summed E-state index contributed by atoms with van der Waals surface area (Å²) >= 11 is 11.9. The number of anilines is 1. The van der Waals surface area contributed by atoms with Crippen molar-refractivity contribution < 1.29 is 17.9 Å². The molecule has 8 heteroatoms. The van der Waals surface area contributed by atoms with Gasteiger partial charge in [-0.2, -0.15) is 18.4 Å². The Kier molecular flexibility index (Phi) is 4.84. The first-order chi connectivity index (χ1) is 14.1. The summed E-state index contributed by atoms with van der Waals surface area (Å²) in [4.78, 5) is 0. The lowest BCUT2D eigenvalue weighted by atomic mass is 9.87. The number of nitrogen functional groups attached to an aromatic ring is 1. The largest absolute Gasteiger partial charge is 0.472 e. The molecule has 0 aliphatic carbocycles. The predicted octanol–water partition coefficient (Wildman–Crippen LogP) is 6.51. The standard InChI is InChI=1S/C22H13Cl2F3N2O/c23-17-7-16(8-18(24)9-17)21(22(25,26)27)10-15-5-12(3-4-20(15)30-21)13-1-2-14(11-28)19(29)6-13/h1-9H,10,29H2. The number of alkyl halides is 3. The number of fused-ring (bicyclic) bond motifs is 1. The van der Waals surface area contributed by atoms with Crippen molar-refractivity contribution in [2.45, 2.75) is 18.2 Å². The molecular weight excluding hydrogens is 436 g/mol. The van der Waals surface area contributed by atoms with Gasteiger partial charge in [-0.25, -0.2) is 0 Å². The maximum atomic E-state index is 14.2. The van der Waals surface area contributed by atoms with Crippen LogP contribution in [0.1, 0.15) is 16.7 Å². The van der Waals surface area contributed by atoms with Gasteiger partial charge in [0.15, 0.2) is 0 Å². The van der Waals surface area contributed by atoms with Crippen LogP contribution in [0.15, 0.2) is 54.6 Å². The summed E-state index contributed by atoms with van der Waals surface area (Å²) in [6.45, 7) is 0. The highest BCUT2D eigenvalue weighted by Crippen LogP contribution is 2.52. The third-order valence-corrected chi connectivity index (χ3v) is 5.51.